The van der Waals surface area contributed by atoms with E-state index in [1.807, 2.05) is 30.5 Å². The van der Waals surface area contributed by atoms with Gasteiger partial charge in [-0.3, -0.25) is 14.4 Å². The lowest BCUT2D eigenvalue weighted by atomic mass is 10.3. The predicted molar refractivity (Wildman–Crippen MR) is 95.7 cm³/mol. The smallest absolute Gasteiger partial charge is 0.316 e. The molecule has 7 nitrogen and oxygen atoms in total. The lowest BCUT2D eigenvalue weighted by Crippen LogP contribution is -2.39. The van der Waals surface area contributed by atoms with Crippen LogP contribution < -0.4 is 16.4 Å². The van der Waals surface area contributed by atoms with E-state index in [-0.39, 0.29) is 25.5 Å². The molecule has 25 heavy (non-hydrogen) atoms. The highest BCUT2D eigenvalue weighted by molar-refractivity contribution is 5.76. The molecule has 0 saturated heterocycles. The highest BCUT2D eigenvalue weighted by atomic mass is 16.2. The van der Waals surface area contributed by atoms with Gasteiger partial charge in [0.2, 0.25) is 5.91 Å². The SMILES string of the molecule is Cc1ccc(C)n1CC(=O)NCCn1c(=O)c(=O)[nH]c2ccccc21. The van der Waals surface area contributed by atoms with Gasteiger partial charge in [-0.15, -0.1) is 0 Å². The lowest BCUT2D eigenvalue weighted by molar-refractivity contribution is -0.121. The van der Waals surface area contributed by atoms with Gasteiger partial charge in [-0.05, 0) is 38.1 Å². The molecule has 0 atom stereocenters. The lowest BCUT2D eigenvalue weighted by Gasteiger charge is -2.12. The van der Waals surface area contributed by atoms with Crippen molar-refractivity contribution in [2.45, 2.75) is 26.9 Å². The molecule has 2 heterocycles. The van der Waals surface area contributed by atoms with E-state index in [0.717, 1.165) is 11.4 Å². The number of benzene rings is 1. The van der Waals surface area contributed by atoms with Crippen LogP contribution in [-0.4, -0.2) is 26.6 Å². The summed E-state index contributed by atoms with van der Waals surface area (Å²) in [5, 5.41) is 2.80. The second-order valence-corrected chi connectivity index (χ2v) is 5.98. The average Bonchev–Trinajstić information content (AvgIpc) is 2.90. The summed E-state index contributed by atoms with van der Waals surface area (Å²) in [6.07, 6.45) is 0. The number of rotatable bonds is 5. The maximum Gasteiger partial charge on any atom is 0.316 e. The molecule has 0 fully saturated rings. The first-order valence-electron chi connectivity index (χ1n) is 8.08. The topological polar surface area (TPSA) is 88.9 Å². The molecule has 1 aromatic carbocycles. The molecule has 0 radical (unpaired) electrons. The molecule has 1 amide bonds. The van der Waals surface area contributed by atoms with Crippen LogP contribution in [0.3, 0.4) is 0 Å². The number of hydrogen-bond donors (Lipinski definition) is 2. The van der Waals surface area contributed by atoms with E-state index in [1.165, 1.54) is 4.57 Å². The van der Waals surface area contributed by atoms with Crippen LogP contribution in [0.5, 0.6) is 0 Å². The number of para-hydroxylation sites is 2. The monoisotopic (exact) mass is 340 g/mol. The molecule has 7 heteroatoms. The zero-order valence-electron chi connectivity index (χ0n) is 14.2. The molecular weight excluding hydrogens is 320 g/mol. The van der Waals surface area contributed by atoms with Crippen molar-refractivity contribution in [2.75, 3.05) is 6.54 Å². The fourth-order valence-electron chi connectivity index (χ4n) is 2.90. The van der Waals surface area contributed by atoms with Gasteiger partial charge in [0.25, 0.3) is 0 Å². The number of amides is 1. The second-order valence-electron chi connectivity index (χ2n) is 5.98. The quantitative estimate of drug-likeness (QED) is 0.677. The summed E-state index contributed by atoms with van der Waals surface area (Å²) >= 11 is 0. The van der Waals surface area contributed by atoms with E-state index in [9.17, 15) is 14.4 Å². The van der Waals surface area contributed by atoms with Crippen molar-refractivity contribution in [2.24, 2.45) is 0 Å². The Bertz CT molecular complexity index is 1020. The Balaban J connectivity index is 1.71. The first kappa shape index (κ1) is 16.8. The van der Waals surface area contributed by atoms with Gasteiger partial charge >= 0.3 is 11.1 Å². The van der Waals surface area contributed by atoms with E-state index in [4.69, 9.17) is 0 Å². The van der Waals surface area contributed by atoms with Gasteiger partial charge in [0.05, 0.1) is 11.0 Å². The van der Waals surface area contributed by atoms with E-state index in [2.05, 4.69) is 10.3 Å². The van der Waals surface area contributed by atoms with Crippen LogP contribution in [-0.2, 0) is 17.9 Å². The molecule has 0 aliphatic heterocycles. The largest absolute Gasteiger partial charge is 0.353 e. The standard InChI is InChI=1S/C18H20N4O3/c1-12-7-8-13(2)22(12)11-16(23)19-9-10-21-15-6-4-3-5-14(15)20-17(24)18(21)25/h3-8H,9-11H2,1-2H3,(H,19,23)(H,20,24). The van der Waals surface area contributed by atoms with Crippen LogP contribution in [0, 0.1) is 13.8 Å². The Morgan fingerprint density at radius 1 is 1.04 bits per heavy atom. The number of carbonyl (C=O) groups excluding carboxylic acids is 1. The highest BCUT2D eigenvalue weighted by Gasteiger charge is 2.09. The molecule has 3 aromatic rings. The van der Waals surface area contributed by atoms with Crippen molar-refractivity contribution in [3.05, 3.63) is 68.5 Å². The number of H-pyrrole nitrogens is 1. The third-order valence-electron chi connectivity index (χ3n) is 4.26. The van der Waals surface area contributed by atoms with Crippen LogP contribution in [0.1, 0.15) is 11.4 Å². The number of aryl methyl sites for hydroxylation is 2. The Hall–Kier alpha value is -3.09. The third kappa shape index (κ3) is 3.40. The Labute approximate surface area is 143 Å². The molecule has 0 saturated carbocycles. The Morgan fingerprint density at radius 2 is 1.72 bits per heavy atom. The molecule has 130 valence electrons. The zero-order valence-corrected chi connectivity index (χ0v) is 14.2. The van der Waals surface area contributed by atoms with Crippen LogP contribution in [0.15, 0.2) is 46.0 Å². The van der Waals surface area contributed by atoms with Crippen molar-refractivity contribution >= 4 is 16.9 Å². The van der Waals surface area contributed by atoms with Gasteiger partial charge in [-0.1, -0.05) is 12.1 Å². The van der Waals surface area contributed by atoms with Crippen molar-refractivity contribution in [1.82, 2.24) is 19.4 Å². The summed E-state index contributed by atoms with van der Waals surface area (Å²) in [5.74, 6) is -0.135. The van der Waals surface area contributed by atoms with Crippen molar-refractivity contribution in [1.29, 1.82) is 0 Å². The molecule has 0 spiro atoms. The van der Waals surface area contributed by atoms with Gasteiger partial charge in [0, 0.05) is 24.5 Å². The summed E-state index contributed by atoms with van der Waals surface area (Å²) in [5.41, 5.74) is 1.98. The van der Waals surface area contributed by atoms with E-state index >= 15 is 0 Å². The number of nitrogens with zero attached hydrogens (tertiary/aromatic N) is 2. The van der Waals surface area contributed by atoms with Gasteiger partial charge in [-0.25, -0.2) is 0 Å². The number of fused-ring (bicyclic) bond motifs is 1. The fraction of sp³-hybridized carbons (Fsp3) is 0.278. The number of hydrogen-bond acceptors (Lipinski definition) is 3. The minimum absolute atomic E-state index is 0.135. The summed E-state index contributed by atoms with van der Waals surface area (Å²) in [7, 11) is 0. The van der Waals surface area contributed by atoms with E-state index < -0.39 is 11.1 Å². The highest BCUT2D eigenvalue weighted by Crippen LogP contribution is 2.07. The molecule has 0 aliphatic rings. The molecule has 0 bridgehead atoms. The number of nitrogens with one attached hydrogen (secondary N) is 2. The van der Waals surface area contributed by atoms with Gasteiger partial charge in [0.1, 0.15) is 6.54 Å². The summed E-state index contributed by atoms with van der Waals surface area (Å²) in [6.45, 7) is 4.63. The van der Waals surface area contributed by atoms with Crippen LogP contribution in [0.25, 0.3) is 11.0 Å². The maximum atomic E-state index is 12.1. The minimum Gasteiger partial charge on any atom is -0.353 e. The molecular formula is C18H20N4O3. The zero-order chi connectivity index (χ0) is 18.0. The van der Waals surface area contributed by atoms with E-state index in [0.29, 0.717) is 11.0 Å². The van der Waals surface area contributed by atoms with Crippen LogP contribution >= 0.6 is 0 Å². The third-order valence-corrected chi connectivity index (χ3v) is 4.26. The minimum atomic E-state index is -0.663. The van der Waals surface area contributed by atoms with Crippen LogP contribution in [0.2, 0.25) is 0 Å². The first-order valence-corrected chi connectivity index (χ1v) is 8.08. The van der Waals surface area contributed by atoms with Crippen molar-refractivity contribution in [3.63, 3.8) is 0 Å². The first-order chi connectivity index (χ1) is 12.0. The maximum absolute atomic E-state index is 12.1. The molecule has 2 aromatic heterocycles. The predicted octanol–water partition coefficient (Wildman–Crippen LogP) is 0.925. The average molecular weight is 340 g/mol. The molecule has 2 N–H and O–H groups in total. The fourth-order valence-corrected chi connectivity index (χ4v) is 2.90. The van der Waals surface area contributed by atoms with E-state index in [1.54, 1.807) is 24.3 Å². The van der Waals surface area contributed by atoms with Gasteiger partial charge < -0.3 is 19.4 Å². The van der Waals surface area contributed by atoms with Crippen molar-refractivity contribution in [3.8, 4) is 0 Å². The Morgan fingerprint density at radius 3 is 2.44 bits per heavy atom. The summed E-state index contributed by atoms with van der Waals surface area (Å²) in [4.78, 5) is 38.6. The van der Waals surface area contributed by atoms with Crippen LogP contribution in [0.4, 0.5) is 0 Å². The summed E-state index contributed by atoms with van der Waals surface area (Å²) in [6, 6.07) is 11.0. The Kier molecular flexibility index (Phi) is 4.56. The van der Waals surface area contributed by atoms with Crippen molar-refractivity contribution < 1.29 is 4.79 Å². The van der Waals surface area contributed by atoms with Gasteiger partial charge in [-0.2, -0.15) is 0 Å². The normalized spacial score (nSPS) is 11.0. The van der Waals surface area contributed by atoms with Gasteiger partial charge in [0.15, 0.2) is 0 Å². The summed E-state index contributed by atoms with van der Waals surface area (Å²) < 4.78 is 3.31. The number of aromatic nitrogens is 3. The molecule has 0 unspecified atom stereocenters. The second kappa shape index (κ2) is 6.80. The molecule has 0 aliphatic carbocycles. The number of carbonyl (C=O) groups is 1. The molecule has 3 rings (SSSR count). The number of aromatic amines is 1.